The van der Waals surface area contributed by atoms with Crippen LogP contribution >= 0.6 is 12.4 Å². The Hall–Kier alpha value is -1.78. The normalized spacial score (nSPS) is 9.85. The zero-order chi connectivity index (χ0) is 13.5. The smallest absolute Gasteiger partial charge is 0.161 e. The minimum absolute atomic E-state index is 0. The number of nitrogens with one attached hydrogen (secondary N) is 1. The van der Waals surface area contributed by atoms with E-state index >= 15 is 0 Å². The molecule has 5 heteroatoms. The molecule has 0 aliphatic carbocycles. The van der Waals surface area contributed by atoms with E-state index in [1.165, 1.54) is 0 Å². The Labute approximate surface area is 125 Å². The average Bonchev–Trinajstić information content (AvgIpc) is 2.44. The number of aromatic nitrogens is 1. The molecule has 2 N–H and O–H groups in total. The van der Waals surface area contributed by atoms with Crippen LogP contribution in [0.1, 0.15) is 18.2 Å². The van der Waals surface area contributed by atoms with Crippen molar-refractivity contribution in [1.29, 1.82) is 0 Å². The number of hydrogen-bond donors (Lipinski definition) is 2. The van der Waals surface area contributed by atoms with Crippen molar-refractivity contribution in [2.24, 2.45) is 0 Å². The first-order valence-corrected chi connectivity index (χ1v) is 6.35. The molecule has 2 rings (SSSR count). The molecule has 0 aliphatic rings. The maximum Gasteiger partial charge on any atom is 0.161 e. The van der Waals surface area contributed by atoms with Crippen molar-refractivity contribution < 1.29 is 9.84 Å². The van der Waals surface area contributed by atoms with Crippen molar-refractivity contribution in [1.82, 2.24) is 10.3 Å². The van der Waals surface area contributed by atoms with Crippen molar-refractivity contribution in [2.75, 3.05) is 6.61 Å². The molecule has 108 valence electrons. The molecule has 0 radical (unpaired) electrons. The third-order valence-electron chi connectivity index (χ3n) is 2.69. The van der Waals surface area contributed by atoms with E-state index in [-0.39, 0.29) is 18.2 Å². The Morgan fingerprint density at radius 1 is 1.20 bits per heavy atom. The largest absolute Gasteiger partial charge is 0.504 e. The van der Waals surface area contributed by atoms with Crippen molar-refractivity contribution in [3.63, 3.8) is 0 Å². The van der Waals surface area contributed by atoms with Gasteiger partial charge in [-0.2, -0.15) is 0 Å². The minimum atomic E-state index is 0. The molecule has 0 saturated carbocycles. The van der Waals surface area contributed by atoms with Gasteiger partial charge in [0.2, 0.25) is 0 Å². The Balaban J connectivity index is 0.00000200. The minimum Gasteiger partial charge on any atom is -0.504 e. The summed E-state index contributed by atoms with van der Waals surface area (Å²) in [4.78, 5) is 4.24. The van der Waals surface area contributed by atoms with Gasteiger partial charge in [0, 0.05) is 19.3 Å². The number of pyridine rings is 1. The second kappa shape index (κ2) is 8.40. The van der Waals surface area contributed by atoms with E-state index in [0.717, 1.165) is 11.3 Å². The number of halogens is 1. The second-order valence-electron chi connectivity index (χ2n) is 4.16. The number of rotatable bonds is 6. The molecule has 1 aromatic carbocycles. The summed E-state index contributed by atoms with van der Waals surface area (Å²) < 4.78 is 5.35. The van der Waals surface area contributed by atoms with E-state index < -0.39 is 0 Å². The van der Waals surface area contributed by atoms with Gasteiger partial charge in [-0.25, -0.2) is 0 Å². The summed E-state index contributed by atoms with van der Waals surface area (Å²) in [7, 11) is 0. The van der Waals surface area contributed by atoms with Crippen molar-refractivity contribution >= 4 is 12.4 Å². The summed E-state index contributed by atoms with van der Waals surface area (Å²) in [5.41, 5.74) is 2.07. The highest BCUT2D eigenvalue weighted by Crippen LogP contribution is 2.26. The molecule has 1 heterocycles. The van der Waals surface area contributed by atoms with E-state index in [1.54, 1.807) is 12.3 Å². The predicted molar refractivity (Wildman–Crippen MR) is 81.3 cm³/mol. The number of phenols is 1. The fraction of sp³-hybridized carbons (Fsp3) is 0.267. The van der Waals surface area contributed by atoms with Gasteiger partial charge < -0.3 is 15.2 Å². The second-order valence-corrected chi connectivity index (χ2v) is 4.16. The fourth-order valence-corrected chi connectivity index (χ4v) is 1.78. The third kappa shape index (κ3) is 4.72. The molecule has 0 bridgehead atoms. The molecule has 1 aromatic heterocycles. The van der Waals surface area contributed by atoms with Gasteiger partial charge >= 0.3 is 0 Å². The van der Waals surface area contributed by atoms with Crippen LogP contribution in [0.2, 0.25) is 0 Å². The predicted octanol–water partition coefficient (Wildman–Crippen LogP) is 2.90. The lowest BCUT2D eigenvalue weighted by Crippen LogP contribution is -2.13. The molecular formula is C15H19ClN2O2. The number of aromatic hydroxyl groups is 1. The molecule has 2 aromatic rings. The van der Waals surface area contributed by atoms with Crippen LogP contribution in [0.5, 0.6) is 11.5 Å². The quantitative estimate of drug-likeness (QED) is 0.860. The van der Waals surface area contributed by atoms with Gasteiger partial charge in [0.1, 0.15) is 0 Å². The monoisotopic (exact) mass is 294 g/mol. The molecule has 20 heavy (non-hydrogen) atoms. The van der Waals surface area contributed by atoms with Crippen molar-refractivity contribution in [3.8, 4) is 11.5 Å². The summed E-state index contributed by atoms with van der Waals surface area (Å²) in [6.07, 6.45) is 1.78. The zero-order valence-corrected chi connectivity index (χ0v) is 12.2. The molecule has 0 fully saturated rings. The molecule has 4 nitrogen and oxygen atoms in total. The number of phenolic OH excluding ortho intramolecular Hbond substituents is 1. The maximum absolute atomic E-state index is 9.61. The number of nitrogens with zero attached hydrogens (tertiary/aromatic N) is 1. The average molecular weight is 295 g/mol. The van der Waals surface area contributed by atoms with Gasteiger partial charge in [0.15, 0.2) is 11.5 Å². The Morgan fingerprint density at radius 3 is 2.75 bits per heavy atom. The summed E-state index contributed by atoms with van der Waals surface area (Å²) in [6.45, 7) is 3.85. The van der Waals surface area contributed by atoms with E-state index in [4.69, 9.17) is 4.74 Å². The van der Waals surface area contributed by atoms with Gasteiger partial charge in [-0.3, -0.25) is 4.98 Å². The lowest BCUT2D eigenvalue weighted by molar-refractivity contribution is 0.317. The fourth-order valence-electron chi connectivity index (χ4n) is 1.78. The Morgan fingerprint density at radius 2 is 2.05 bits per heavy atom. The number of hydrogen-bond acceptors (Lipinski definition) is 4. The number of ether oxygens (including phenoxy) is 1. The first-order valence-electron chi connectivity index (χ1n) is 6.35. The Kier molecular flexibility index (Phi) is 6.84. The van der Waals surface area contributed by atoms with Crippen LogP contribution in [0, 0.1) is 0 Å². The highest BCUT2D eigenvalue weighted by atomic mass is 35.5. The lowest BCUT2D eigenvalue weighted by atomic mass is 10.2. The first kappa shape index (κ1) is 16.3. The number of benzene rings is 1. The van der Waals surface area contributed by atoms with Gasteiger partial charge in [0.05, 0.1) is 12.3 Å². The van der Waals surface area contributed by atoms with Crippen LogP contribution in [0.3, 0.4) is 0 Å². The van der Waals surface area contributed by atoms with E-state index in [1.807, 2.05) is 37.3 Å². The maximum atomic E-state index is 9.61. The molecule has 0 aliphatic heterocycles. The first-order chi connectivity index (χ1) is 9.29. The Bertz CT molecular complexity index is 521. The summed E-state index contributed by atoms with van der Waals surface area (Å²) in [5.74, 6) is 0.704. The van der Waals surface area contributed by atoms with Crippen molar-refractivity contribution in [2.45, 2.75) is 20.0 Å². The summed E-state index contributed by atoms with van der Waals surface area (Å²) >= 11 is 0. The van der Waals surface area contributed by atoms with Crippen LogP contribution < -0.4 is 10.1 Å². The molecular weight excluding hydrogens is 276 g/mol. The third-order valence-corrected chi connectivity index (χ3v) is 2.69. The van der Waals surface area contributed by atoms with Crippen LogP contribution in [-0.2, 0) is 13.1 Å². The van der Waals surface area contributed by atoms with Gasteiger partial charge in [-0.15, -0.1) is 12.4 Å². The molecule has 0 saturated heterocycles. The van der Waals surface area contributed by atoms with Crippen molar-refractivity contribution in [3.05, 3.63) is 53.9 Å². The van der Waals surface area contributed by atoms with Crippen LogP contribution in [-0.4, -0.2) is 16.7 Å². The topological polar surface area (TPSA) is 54.4 Å². The van der Waals surface area contributed by atoms with Crippen LogP contribution in [0.15, 0.2) is 42.6 Å². The molecule has 0 amide bonds. The summed E-state index contributed by atoms with van der Waals surface area (Å²) in [6, 6.07) is 11.2. The standard InChI is InChI=1S/C15H18N2O2.ClH/c1-2-19-15-9-12(6-7-14(15)18)10-16-11-13-5-3-4-8-17-13;/h3-9,16,18H,2,10-11H2,1H3;1H. The van der Waals surface area contributed by atoms with Crippen LogP contribution in [0.4, 0.5) is 0 Å². The van der Waals surface area contributed by atoms with Gasteiger partial charge in [-0.1, -0.05) is 12.1 Å². The van der Waals surface area contributed by atoms with Gasteiger partial charge in [0.25, 0.3) is 0 Å². The van der Waals surface area contributed by atoms with E-state index in [0.29, 0.717) is 25.4 Å². The van der Waals surface area contributed by atoms with Gasteiger partial charge in [-0.05, 0) is 36.8 Å². The van der Waals surface area contributed by atoms with E-state index in [9.17, 15) is 5.11 Å². The van der Waals surface area contributed by atoms with E-state index in [2.05, 4.69) is 10.3 Å². The highest BCUT2D eigenvalue weighted by Gasteiger charge is 2.03. The molecule has 0 atom stereocenters. The molecule has 0 spiro atoms. The SMILES string of the molecule is CCOc1cc(CNCc2ccccn2)ccc1O.Cl. The lowest BCUT2D eigenvalue weighted by Gasteiger charge is -2.09. The van der Waals surface area contributed by atoms with Crippen LogP contribution in [0.25, 0.3) is 0 Å². The highest BCUT2D eigenvalue weighted by molar-refractivity contribution is 5.85. The molecule has 0 unspecified atom stereocenters. The zero-order valence-electron chi connectivity index (χ0n) is 11.4. The summed E-state index contributed by atoms with van der Waals surface area (Å²) in [5, 5.41) is 12.9.